The number of benzene rings is 1. The second-order valence-corrected chi connectivity index (χ2v) is 6.85. The van der Waals surface area contributed by atoms with E-state index in [1.54, 1.807) is 7.11 Å². The maximum Gasteiger partial charge on any atom is 0.0713 e. The third kappa shape index (κ3) is 3.85. The molecule has 0 aliphatic rings. The number of hydrogen-bond acceptors (Lipinski definition) is 1. The third-order valence-electron chi connectivity index (χ3n) is 3.04. The van der Waals surface area contributed by atoms with Crippen LogP contribution < -0.4 is 0 Å². The summed E-state index contributed by atoms with van der Waals surface area (Å²) in [5, 5.41) is 0. The highest BCUT2D eigenvalue weighted by Crippen LogP contribution is 2.30. The van der Waals surface area contributed by atoms with Crippen molar-refractivity contribution in [3.63, 3.8) is 0 Å². The Balaban J connectivity index is 3.29. The van der Waals surface area contributed by atoms with Crippen molar-refractivity contribution in [2.24, 2.45) is 0 Å². The molecule has 1 heteroatoms. The van der Waals surface area contributed by atoms with Crippen molar-refractivity contribution in [2.75, 3.05) is 7.11 Å². The van der Waals surface area contributed by atoms with Crippen molar-refractivity contribution in [3.05, 3.63) is 34.9 Å². The summed E-state index contributed by atoms with van der Waals surface area (Å²) < 4.78 is 5.26. The molecular formula is C16H26O. The Hall–Kier alpha value is -0.820. The summed E-state index contributed by atoms with van der Waals surface area (Å²) in [6.07, 6.45) is 0. The lowest BCUT2D eigenvalue weighted by Crippen LogP contribution is -2.17. The standard InChI is InChI=1S/C16H26O/c1-15(2,3)13-8-12(11-17-7)9-14(10-13)16(4,5)6/h8-10H,11H2,1-7H3. The SMILES string of the molecule is COCc1cc(C(C)(C)C)cc(C(C)(C)C)c1. The number of ether oxygens (including phenoxy) is 1. The minimum Gasteiger partial charge on any atom is -0.380 e. The summed E-state index contributed by atoms with van der Waals surface area (Å²) in [5.41, 5.74) is 4.41. The minimum absolute atomic E-state index is 0.184. The van der Waals surface area contributed by atoms with Gasteiger partial charge < -0.3 is 4.74 Å². The average molecular weight is 234 g/mol. The van der Waals surface area contributed by atoms with Crippen LogP contribution in [0.1, 0.15) is 58.2 Å². The molecule has 0 saturated heterocycles. The van der Waals surface area contributed by atoms with Crippen LogP contribution in [-0.4, -0.2) is 7.11 Å². The quantitative estimate of drug-likeness (QED) is 0.735. The van der Waals surface area contributed by atoms with Crippen molar-refractivity contribution < 1.29 is 4.74 Å². The number of methoxy groups -OCH3 is 1. The van der Waals surface area contributed by atoms with E-state index in [2.05, 4.69) is 59.7 Å². The van der Waals surface area contributed by atoms with Crippen LogP contribution in [0.3, 0.4) is 0 Å². The summed E-state index contributed by atoms with van der Waals surface area (Å²) in [7, 11) is 1.75. The molecular weight excluding hydrogens is 208 g/mol. The summed E-state index contributed by atoms with van der Waals surface area (Å²) in [4.78, 5) is 0. The second-order valence-electron chi connectivity index (χ2n) is 6.85. The molecule has 0 fully saturated rings. The average Bonchev–Trinajstić information content (AvgIpc) is 2.15. The van der Waals surface area contributed by atoms with Gasteiger partial charge in [-0.15, -0.1) is 0 Å². The molecule has 0 aliphatic heterocycles. The Morgan fingerprint density at radius 3 is 1.53 bits per heavy atom. The van der Waals surface area contributed by atoms with Crippen LogP contribution in [0.25, 0.3) is 0 Å². The van der Waals surface area contributed by atoms with E-state index in [0.717, 1.165) is 0 Å². The first kappa shape index (κ1) is 14.2. The van der Waals surface area contributed by atoms with Gasteiger partial charge in [-0.2, -0.15) is 0 Å². The van der Waals surface area contributed by atoms with E-state index >= 15 is 0 Å². The summed E-state index contributed by atoms with van der Waals surface area (Å²) in [6.45, 7) is 14.2. The Labute approximate surface area is 106 Å². The molecule has 17 heavy (non-hydrogen) atoms. The van der Waals surface area contributed by atoms with E-state index in [-0.39, 0.29) is 10.8 Å². The number of rotatable bonds is 2. The predicted molar refractivity (Wildman–Crippen MR) is 74.6 cm³/mol. The van der Waals surface area contributed by atoms with Crippen LogP contribution in [0, 0.1) is 0 Å². The highest BCUT2D eigenvalue weighted by Gasteiger charge is 2.20. The van der Waals surface area contributed by atoms with Crippen LogP contribution in [0.15, 0.2) is 18.2 Å². The van der Waals surface area contributed by atoms with Gasteiger partial charge in [0.15, 0.2) is 0 Å². The van der Waals surface area contributed by atoms with Crippen LogP contribution in [0.5, 0.6) is 0 Å². The zero-order valence-corrected chi connectivity index (χ0v) is 12.3. The maximum absolute atomic E-state index is 5.26. The van der Waals surface area contributed by atoms with Crippen molar-refractivity contribution in [1.29, 1.82) is 0 Å². The first-order valence-electron chi connectivity index (χ1n) is 6.28. The Kier molecular flexibility index (Phi) is 4.03. The van der Waals surface area contributed by atoms with Crippen LogP contribution in [0.4, 0.5) is 0 Å². The molecule has 1 rings (SSSR count). The summed E-state index contributed by atoms with van der Waals surface area (Å²) in [5.74, 6) is 0. The van der Waals surface area contributed by atoms with Gasteiger partial charge >= 0.3 is 0 Å². The first-order chi connectivity index (χ1) is 7.64. The fourth-order valence-electron chi connectivity index (χ4n) is 1.81. The Morgan fingerprint density at radius 1 is 0.824 bits per heavy atom. The van der Waals surface area contributed by atoms with Crippen molar-refractivity contribution in [3.8, 4) is 0 Å². The molecule has 0 heterocycles. The molecule has 0 aliphatic carbocycles. The molecule has 0 bridgehead atoms. The zero-order valence-electron chi connectivity index (χ0n) is 12.3. The molecule has 1 nitrogen and oxygen atoms in total. The minimum atomic E-state index is 0.184. The van der Waals surface area contributed by atoms with Crippen molar-refractivity contribution in [1.82, 2.24) is 0 Å². The van der Waals surface area contributed by atoms with Crippen molar-refractivity contribution >= 4 is 0 Å². The lowest BCUT2D eigenvalue weighted by atomic mass is 9.79. The molecule has 0 amide bonds. The zero-order chi connectivity index (χ0) is 13.3. The number of hydrogen-bond donors (Lipinski definition) is 0. The Bertz CT molecular complexity index is 345. The van der Waals surface area contributed by atoms with E-state index in [1.807, 2.05) is 0 Å². The second kappa shape index (κ2) is 4.81. The van der Waals surface area contributed by atoms with Gasteiger partial charge in [0.2, 0.25) is 0 Å². The van der Waals surface area contributed by atoms with Gasteiger partial charge in [-0.05, 0) is 27.5 Å². The molecule has 0 atom stereocenters. The van der Waals surface area contributed by atoms with Crippen LogP contribution in [0.2, 0.25) is 0 Å². The summed E-state index contributed by atoms with van der Waals surface area (Å²) in [6, 6.07) is 6.86. The topological polar surface area (TPSA) is 9.23 Å². The van der Waals surface area contributed by atoms with E-state index < -0.39 is 0 Å². The maximum atomic E-state index is 5.26. The molecule has 0 unspecified atom stereocenters. The smallest absolute Gasteiger partial charge is 0.0713 e. The Morgan fingerprint density at radius 2 is 1.24 bits per heavy atom. The lowest BCUT2D eigenvalue weighted by molar-refractivity contribution is 0.184. The monoisotopic (exact) mass is 234 g/mol. The highest BCUT2D eigenvalue weighted by molar-refractivity contribution is 5.37. The molecule has 0 saturated carbocycles. The highest BCUT2D eigenvalue weighted by atomic mass is 16.5. The fraction of sp³-hybridized carbons (Fsp3) is 0.625. The predicted octanol–water partition coefficient (Wildman–Crippen LogP) is 4.43. The molecule has 0 aromatic heterocycles. The van der Waals surface area contributed by atoms with E-state index in [4.69, 9.17) is 4.74 Å². The fourth-order valence-corrected chi connectivity index (χ4v) is 1.81. The van der Waals surface area contributed by atoms with Gasteiger partial charge in [-0.25, -0.2) is 0 Å². The molecule has 96 valence electrons. The van der Waals surface area contributed by atoms with Crippen LogP contribution >= 0.6 is 0 Å². The first-order valence-corrected chi connectivity index (χ1v) is 6.28. The van der Waals surface area contributed by atoms with Gasteiger partial charge in [0, 0.05) is 7.11 Å². The van der Waals surface area contributed by atoms with Gasteiger partial charge in [0.1, 0.15) is 0 Å². The van der Waals surface area contributed by atoms with Crippen LogP contribution in [-0.2, 0) is 22.2 Å². The largest absolute Gasteiger partial charge is 0.380 e. The van der Waals surface area contributed by atoms with Gasteiger partial charge in [-0.1, -0.05) is 59.7 Å². The molecule has 1 aromatic rings. The van der Waals surface area contributed by atoms with Gasteiger partial charge in [0.25, 0.3) is 0 Å². The lowest BCUT2D eigenvalue weighted by Gasteiger charge is -2.26. The van der Waals surface area contributed by atoms with Gasteiger partial charge in [0.05, 0.1) is 6.61 Å². The molecule has 1 aromatic carbocycles. The van der Waals surface area contributed by atoms with Gasteiger partial charge in [-0.3, -0.25) is 0 Å². The normalized spacial score (nSPS) is 12.9. The molecule has 0 radical (unpaired) electrons. The van der Waals surface area contributed by atoms with E-state index in [1.165, 1.54) is 16.7 Å². The van der Waals surface area contributed by atoms with Crippen molar-refractivity contribution in [2.45, 2.75) is 59.0 Å². The van der Waals surface area contributed by atoms with E-state index in [9.17, 15) is 0 Å². The summed E-state index contributed by atoms with van der Waals surface area (Å²) >= 11 is 0. The third-order valence-corrected chi connectivity index (χ3v) is 3.04. The molecule has 0 N–H and O–H groups in total. The molecule has 0 spiro atoms. The van der Waals surface area contributed by atoms with E-state index in [0.29, 0.717) is 6.61 Å².